The van der Waals surface area contributed by atoms with Crippen LogP contribution in [-0.2, 0) is 4.74 Å². The number of aliphatic hydroxyl groups is 2. The molecule has 0 radical (unpaired) electrons. The Kier molecular flexibility index (Phi) is 6.32. The van der Waals surface area contributed by atoms with Crippen LogP contribution in [-0.4, -0.2) is 63.8 Å². The second-order valence-electron chi connectivity index (χ2n) is 8.79. The molecule has 4 heterocycles. The molecule has 10 nitrogen and oxygen atoms in total. The Hall–Kier alpha value is -3.10. The van der Waals surface area contributed by atoms with Crippen molar-refractivity contribution in [3.8, 4) is 16.9 Å². The summed E-state index contributed by atoms with van der Waals surface area (Å²) in [5.41, 5.74) is 4.51. The van der Waals surface area contributed by atoms with Crippen molar-refractivity contribution in [2.45, 2.75) is 37.7 Å². The van der Waals surface area contributed by atoms with Crippen LogP contribution in [0.1, 0.15) is 30.2 Å². The van der Waals surface area contributed by atoms with Gasteiger partial charge >= 0.3 is 0 Å². The number of ether oxygens (including phenoxy) is 1. The molecule has 0 spiro atoms. The normalized spacial score (nSPS) is 22.1. The molecule has 3 aromatic heterocycles. The molecule has 1 fully saturated rings. The number of nitrogens with zero attached hydrogens (tertiary/aromatic N) is 7. The molecule has 190 valence electrons. The second-order valence-corrected chi connectivity index (χ2v) is 10.5. The van der Waals surface area contributed by atoms with Gasteiger partial charge < -0.3 is 14.9 Å². The predicted molar refractivity (Wildman–Crippen MR) is 137 cm³/mol. The highest BCUT2D eigenvalue weighted by atomic mass is 79.9. The van der Waals surface area contributed by atoms with Gasteiger partial charge in [0.2, 0.25) is 0 Å². The third-order valence-electron chi connectivity index (χ3n) is 6.40. The minimum Gasteiger partial charge on any atom is -0.394 e. The first-order chi connectivity index (χ1) is 17.9. The van der Waals surface area contributed by atoms with E-state index in [9.17, 15) is 14.6 Å². The number of fused-ring (bicyclic) bond motifs is 1. The summed E-state index contributed by atoms with van der Waals surface area (Å²) in [5, 5.41) is 34.0. The number of rotatable bonds is 5. The fourth-order valence-electron chi connectivity index (χ4n) is 4.57. The summed E-state index contributed by atoms with van der Waals surface area (Å²) >= 11 is 4.69. The van der Waals surface area contributed by atoms with E-state index in [4.69, 9.17) is 4.74 Å². The minimum absolute atomic E-state index is 0.302. The van der Waals surface area contributed by atoms with Gasteiger partial charge in [-0.05, 0) is 53.2 Å². The van der Waals surface area contributed by atoms with E-state index in [1.54, 1.807) is 35.4 Å². The van der Waals surface area contributed by atoms with Gasteiger partial charge in [-0.15, -0.1) is 16.4 Å². The number of benzene rings is 2. The summed E-state index contributed by atoms with van der Waals surface area (Å²) in [4.78, 5) is 8.96. The topological polar surface area (TPSA) is 124 Å². The predicted octanol–water partition coefficient (Wildman–Crippen LogP) is 3.77. The first kappa shape index (κ1) is 24.2. The zero-order valence-corrected chi connectivity index (χ0v) is 21.8. The highest BCUT2D eigenvalue weighted by Gasteiger charge is 2.41. The van der Waals surface area contributed by atoms with Crippen LogP contribution in [0.4, 0.5) is 4.39 Å². The number of aliphatic hydroxyl groups excluding tert-OH is 2. The van der Waals surface area contributed by atoms with E-state index < -0.39 is 36.8 Å². The van der Waals surface area contributed by atoms with Gasteiger partial charge in [-0.25, -0.2) is 23.7 Å². The average Bonchev–Trinajstić information content (AvgIpc) is 3.65. The maximum absolute atomic E-state index is 14.1. The highest BCUT2D eigenvalue weighted by Crippen LogP contribution is 2.38. The lowest BCUT2D eigenvalue weighted by atomic mass is 9.95. The van der Waals surface area contributed by atoms with Crippen molar-refractivity contribution in [1.29, 1.82) is 0 Å². The Morgan fingerprint density at radius 1 is 1.24 bits per heavy atom. The summed E-state index contributed by atoms with van der Waals surface area (Å²) in [5.74, 6) is 0.698. The summed E-state index contributed by atoms with van der Waals surface area (Å²) < 4.78 is 24.8. The lowest BCUT2D eigenvalue weighted by Gasteiger charge is -2.38. The SMILES string of the molecule is Cc1nc(C2CC(n3cc(-c4ccc(Br)c(F)c4)nn3)C(O)C(CO)O2)n(-c2ccc3ncsc3c2)n1. The lowest BCUT2D eigenvalue weighted by Crippen LogP contribution is -2.45. The van der Waals surface area contributed by atoms with Crippen molar-refractivity contribution < 1.29 is 19.3 Å². The number of hydrogen-bond acceptors (Lipinski definition) is 9. The van der Waals surface area contributed by atoms with Crippen LogP contribution in [0.2, 0.25) is 0 Å². The van der Waals surface area contributed by atoms with Gasteiger partial charge in [0.15, 0.2) is 5.82 Å². The molecule has 5 aromatic rings. The van der Waals surface area contributed by atoms with Gasteiger partial charge in [-0.3, -0.25) is 0 Å². The fraction of sp³-hybridized carbons (Fsp3) is 0.292. The summed E-state index contributed by atoms with van der Waals surface area (Å²) in [6.45, 7) is 1.40. The number of halogens is 2. The van der Waals surface area contributed by atoms with E-state index in [-0.39, 0.29) is 0 Å². The van der Waals surface area contributed by atoms with Crippen molar-refractivity contribution in [1.82, 2.24) is 34.7 Å². The Balaban J connectivity index is 1.34. The molecular weight excluding hydrogens is 565 g/mol. The summed E-state index contributed by atoms with van der Waals surface area (Å²) in [6, 6.07) is 9.95. The maximum Gasteiger partial charge on any atom is 0.161 e. The van der Waals surface area contributed by atoms with E-state index in [1.807, 2.05) is 18.2 Å². The summed E-state index contributed by atoms with van der Waals surface area (Å²) in [7, 11) is 0. The third kappa shape index (κ3) is 4.46. The van der Waals surface area contributed by atoms with Crippen LogP contribution in [0.5, 0.6) is 0 Å². The second kappa shape index (κ2) is 9.65. The van der Waals surface area contributed by atoms with Crippen molar-refractivity contribution in [2.75, 3.05) is 6.61 Å². The van der Waals surface area contributed by atoms with E-state index in [2.05, 4.69) is 41.3 Å². The standard InChI is InChI=1S/C24H21BrFN7O3S/c1-12-28-24(33(30-12)14-3-5-17-22(7-14)37-11-27-17)20-8-19(23(35)21(10-34)36-20)32-9-18(29-31-32)13-2-4-15(25)16(26)6-13/h2-7,9,11,19-21,23,34-35H,8,10H2,1H3. The molecule has 1 aliphatic heterocycles. The van der Waals surface area contributed by atoms with E-state index in [1.165, 1.54) is 22.1 Å². The Morgan fingerprint density at radius 3 is 2.92 bits per heavy atom. The van der Waals surface area contributed by atoms with Crippen LogP contribution >= 0.6 is 27.3 Å². The van der Waals surface area contributed by atoms with E-state index in [0.717, 1.165) is 15.9 Å². The third-order valence-corrected chi connectivity index (χ3v) is 7.84. The van der Waals surface area contributed by atoms with Crippen molar-refractivity contribution >= 4 is 37.5 Å². The highest BCUT2D eigenvalue weighted by molar-refractivity contribution is 9.10. The molecule has 0 bridgehead atoms. The zero-order valence-electron chi connectivity index (χ0n) is 19.4. The Morgan fingerprint density at radius 2 is 2.11 bits per heavy atom. The fourth-order valence-corrected chi connectivity index (χ4v) is 5.52. The number of aromatic nitrogens is 7. The first-order valence-corrected chi connectivity index (χ1v) is 13.2. The monoisotopic (exact) mass is 585 g/mol. The molecule has 6 rings (SSSR count). The molecule has 13 heteroatoms. The Labute approximate surface area is 222 Å². The summed E-state index contributed by atoms with van der Waals surface area (Å²) in [6.07, 6.45) is -0.571. The van der Waals surface area contributed by atoms with Crippen molar-refractivity contribution in [2.24, 2.45) is 0 Å². The number of hydrogen-bond donors (Lipinski definition) is 2. The van der Waals surface area contributed by atoms with Gasteiger partial charge in [-0.1, -0.05) is 11.3 Å². The minimum atomic E-state index is -1.05. The molecule has 0 saturated carbocycles. The van der Waals surface area contributed by atoms with E-state index >= 15 is 0 Å². The smallest absolute Gasteiger partial charge is 0.161 e. The van der Waals surface area contributed by atoms with Crippen LogP contribution < -0.4 is 0 Å². The van der Waals surface area contributed by atoms with Crippen LogP contribution in [0, 0.1) is 12.7 Å². The Bertz CT molecular complexity index is 1590. The van der Waals surface area contributed by atoms with Crippen molar-refractivity contribution in [3.05, 3.63) is 70.0 Å². The zero-order chi connectivity index (χ0) is 25.7. The average molecular weight is 586 g/mol. The number of thiazole rings is 1. The van der Waals surface area contributed by atoms with Crippen molar-refractivity contribution in [3.63, 3.8) is 0 Å². The molecule has 4 atom stereocenters. The number of aryl methyl sites for hydroxylation is 1. The molecule has 0 aliphatic carbocycles. The van der Waals surface area contributed by atoms with Gasteiger partial charge in [0, 0.05) is 12.0 Å². The maximum atomic E-state index is 14.1. The molecule has 4 unspecified atom stereocenters. The molecule has 0 amide bonds. The first-order valence-electron chi connectivity index (χ1n) is 11.5. The van der Waals surface area contributed by atoms with Gasteiger partial charge in [0.25, 0.3) is 0 Å². The van der Waals surface area contributed by atoms with Gasteiger partial charge in [-0.2, -0.15) is 5.10 Å². The largest absolute Gasteiger partial charge is 0.394 e. The molecule has 2 aromatic carbocycles. The lowest BCUT2D eigenvalue weighted by molar-refractivity contribution is -0.161. The van der Waals surface area contributed by atoms with Crippen LogP contribution in [0.25, 0.3) is 27.2 Å². The molecule has 1 saturated heterocycles. The molecule has 2 N–H and O–H groups in total. The molecule has 37 heavy (non-hydrogen) atoms. The quantitative estimate of drug-likeness (QED) is 0.319. The molecule has 1 aliphatic rings. The van der Waals surface area contributed by atoms with Gasteiger partial charge in [0.05, 0.1) is 44.7 Å². The van der Waals surface area contributed by atoms with Gasteiger partial charge in [0.1, 0.15) is 35.6 Å². The molecular formula is C24H21BrFN7O3S. The van der Waals surface area contributed by atoms with Crippen LogP contribution in [0.15, 0.2) is 52.6 Å². The van der Waals surface area contributed by atoms with E-state index in [0.29, 0.717) is 33.8 Å². The van der Waals surface area contributed by atoms with Crippen LogP contribution in [0.3, 0.4) is 0 Å².